The molecule has 2 amide bonds. The van der Waals surface area contributed by atoms with E-state index in [-0.39, 0.29) is 27.9 Å². The van der Waals surface area contributed by atoms with Crippen molar-refractivity contribution in [3.8, 4) is 0 Å². The van der Waals surface area contributed by atoms with E-state index in [2.05, 4.69) is 5.32 Å². The third-order valence-electron chi connectivity index (χ3n) is 5.84. The molecule has 2 aliphatic rings. The summed E-state index contributed by atoms with van der Waals surface area (Å²) in [5.74, 6) is 0.207. The first-order valence-corrected chi connectivity index (χ1v) is 12.7. The van der Waals surface area contributed by atoms with Gasteiger partial charge in [-0.3, -0.25) is 9.59 Å². The van der Waals surface area contributed by atoms with Crippen LogP contribution >= 0.6 is 22.9 Å². The van der Waals surface area contributed by atoms with Crippen LogP contribution in [0, 0.1) is 11.8 Å². The lowest BCUT2D eigenvalue weighted by Gasteiger charge is -2.33. The highest BCUT2D eigenvalue weighted by Crippen LogP contribution is 2.32. The van der Waals surface area contributed by atoms with E-state index in [9.17, 15) is 18.0 Å². The molecule has 0 radical (unpaired) electrons. The molecule has 0 unspecified atom stereocenters. The lowest BCUT2D eigenvalue weighted by Crippen LogP contribution is -2.42. The zero-order valence-electron chi connectivity index (χ0n) is 16.6. The molecule has 2 aliphatic heterocycles. The normalized spacial score (nSPS) is 20.2. The molecule has 10 heteroatoms. The molecule has 1 atom stereocenters. The number of hydrogen-bond donors (Lipinski definition) is 1. The van der Waals surface area contributed by atoms with E-state index in [1.165, 1.54) is 4.31 Å². The van der Waals surface area contributed by atoms with Gasteiger partial charge in [-0.1, -0.05) is 18.5 Å². The molecule has 0 aliphatic carbocycles. The Morgan fingerprint density at radius 1 is 1.31 bits per heavy atom. The predicted octanol–water partition coefficient (Wildman–Crippen LogP) is 2.57. The molecular formula is C19H28ClN3O4S2. The van der Waals surface area contributed by atoms with Crippen molar-refractivity contribution in [1.82, 2.24) is 14.5 Å². The molecule has 3 rings (SSSR count). The minimum Gasteiger partial charge on any atom is -0.356 e. The zero-order chi connectivity index (χ0) is 21.0. The van der Waals surface area contributed by atoms with Gasteiger partial charge in [-0.25, -0.2) is 8.42 Å². The second-order valence-corrected chi connectivity index (χ2v) is 11.6. The summed E-state index contributed by atoms with van der Waals surface area (Å²) in [5, 5.41) is 2.97. The van der Waals surface area contributed by atoms with Crippen LogP contribution < -0.4 is 5.32 Å². The molecule has 0 saturated carbocycles. The van der Waals surface area contributed by atoms with Crippen LogP contribution in [0.1, 0.15) is 39.0 Å². The number of likely N-dealkylation sites (tertiary alicyclic amines) is 1. The molecule has 3 heterocycles. The second kappa shape index (κ2) is 9.76. The number of carbonyl (C=O) groups is 2. The number of amides is 2. The second-order valence-electron chi connectivity index (χ2n) is 7.72. The highest BCUT2D eigenvalue weighted by molar-refractivity contribution is 7.91. The fraction of sp³-hybridized carbons (Fsp3) is 0.684. The van der Waals surface area contributed by atoms with Crippen LogP contribution in [-0.4, -0.2) is 62.2 Å². The van der Waals surface area contributed by atoms with E-state index in [0.29, 0.717) is 49.8 Å². The Kier molecular flexibility index (Phi) is 7.58. The van der Waals surface area contributed by atoms with Gasteiger partial charge in [-0.05, 0) is 43.7 Å². The van der Waals surface area contributed by atoms with Gasteiger partial charge in [-0.2, -0.15) is 4.31 Å². The first-order chi connectivity index (χ1) is 13.8. The van der Waals surface area contributed by atoms with Crippen LogP contribution in [0.3, 0.4) is 0 Å². The third kappa shape index (κ3) is 5.51. The van der Waals surface area contributed by atoms with Crippen molar-refractivity contribution in [3.05, 3.63) is 16.5 Å². The molecule has 0 bridgehead atoms. The number of halogens is 1. The van der Waals surface area contributed by atoms with Crippen molar-refractivity contribution in [3.63, 3.8) is 0 Å². The molecule has 1 N–H and O–H groups in total. The molecule has 2 fully saturated rings. The van der Waals surface area contributed by atoms with E-state index < -0.39 is 10.0 Å². The Morgan fingerprint density at radius 3 is 2.62 bits per heavy atom. The van der Waals surface area contributed by atoms with Gasteiger partial charge in [0.2, 0.25) is 11.8 Å². The van der Waals surface area contributed by atoms with Gasteiger partial charge in [-0.15, -0.1) is 11.3 Å². The van der Waals surface area contributed by atoms with Crippen LogP contribution in [0.2, 0.25) is 4.34 Å². The quantitative estimate of drug-likeness (QED) is 0.603. The summed E-state index contributed by atoms with van der Waals surface area (Å²) in [6, 6.07) is 3.14. The summed E-state index contributed by atoms with van der Waals surface area (Å²) in [6.45, 7) is 4.81. The maximum atomic E-state index is 12.7. The van der Waals surface area contributed by atoms with Crippen LogP contribution in [0.4, 0.5) is 0 Å². The topological polar surface area (TPSA) is 86.8 Å². The Labute approximate surface area is 181 Å². The van der Waals surface area contributed by atoms with Crippen LogP contribution in [0.5, 0.6) is 0 Å². The lowest BCUT2D eigenvalue weighted by molar-refractivity contribution is -0.127. The van der Waals surface area contributed by atoms with Crippen LogP contribution in [0.15, 0.2) is 16.3 Å². The van der Waals surface area contributed by atoms with Gasteiger partial charge in [0.15, 0.2) is 0 Å². The summed E-state index contributed by atoms with van der Waals surface area (Å²) in [6.07, 6.45) is 3.64. The molecule has 162 valence electrons. The van der Waals surface area contributed by atoms with Gasteiger partial charge in [0.05, 0.1) is 4.34 Å². The average molecular weight is 462 g/mol. The van der Waals surface area contributed by atoms with E-state index >= 15 is 0 Å². The SMILES string of the molecule is C[C@H](C(=O)NCCCN1CCCC1=O)C1CCN(S(=O)(=O)c2ccc(Cl)s2)CC1. The van der Waals surface area contributed by atoms with Crippen molar-refractivity contribution in [2.75, 3.05) is 32.7 Å². The van der Waals surface area contributed by atoms with Crippen LogP contribution in [-0.2, 0) is 19.6 Å². The van der Waals surface area contributed by atoms with E-state index in [1.54, 1.807) is 12.1 Å². The summed E-state index contributed by atoms with van der Waals surface area (Å²) in [4.78, 5) is 25.9. The highest BCUT2D eigenvalue weighted by atomic mass is 35.5. The van der Waals surface area contributed by atoms with E-state index in [4.69, 9.17) is 11.6 Å². The van der Waals surface area contributed by atoms with E-state index in [1.807, 2.05) is 11.8 Å². The molecule has 1 aromatic rings. The minimum absolute atomic E-state index is 0.00379. The first kappa shape index (κ1) is 22.5. The molecule has 7 nitrogen and oxygen atoms in total. The van der Waals surface area contributed by atoms with Crippen LogP contribution in [0.25, 0.3) is 0 Å². The first-order valence-electron chi connectivity index (χ1n) is 10.1. The summed E-state index contributed by atoms with van der Waals surface area (Å²) in [7, 11) is -3.51. The fourth-order valence-corrected chi connectivity index (χ4v) is 7.08. The molecule has 0 aromatic carbocycles. The minimum atomic E-state index is -3.51. The van der Waals surface area contributed by atoms with Gasteiger partial charge in [0.25, 0.3) is 10.0 Å². The van der Waals surface area contributed by atoms with Crippen molar-refractivity contribution >= 4 is 44.8 Å². The number of nitrogens with one attached hydrogen (secondary N) is 1. The smallest absolute Gasteiger partial charge is 0.252 e. The van der Waals surface area contributed by atoms with Gasteiger partial charge < -0.3 is 10.2 Å². The Balaban J connectivity index is 1.41. The van der Waals surface area contributed by atoms with Crippen molar-refractivity contribution in [2.45, 2.75) is 43.2 Å². The van der Waals surface area contributed by atoms with Gasteiger partial charge >= 0.3 is 0 Å². The number of hydrogen-bond acceptors (Lipinski definition) is 5. The van der Waals surface area contributed by atoms with Gasteiger partial charge in [0, 0.05) is 45.1 Å². The van der Waals surface area contributed by atoms with Crippen molar-refractivity contribution < 1.29 is 18.0 Å². The van der Waals surface area contributed by atoms with E-state index in [0.717, 1.165) is 30.7 Å². The van der Waals surface area contributed by atoms with Gasteiger partial charge in [0.1, 0.15) is 4.21 Å². The number of piperidine rings is 1. The van der Waals surface area contributed by atoms with Crippen molar-refractivity contribution in [1.29, 1.82) is 0 Å². The zero-order valence-corrected chi connectivity index (χ0v) is 19.0. The maximum absolute atomic E-state index is 12.7. The summed E-state index contributed by atoms with van der Waals surface area (Å²) < 4.78 is 27.6. The standard InChI is InChI=1S/C19H28ClN3O4S2/c1-14(19(25)21-9-3-11-22-10-2-4-17(22)24)15-7-12-23(13-8-15)29(26,27)18-6-5-16(20)28-18/h5-6,14-15H,2-4,7-13H2,1H3,(H,21,25)/t14-/m0/s1. The molecule has 29 heavy (non-hydrogen) atoms. The largest absolute Gasteiger partial charge is 0.356 e. The highest BCUT2D eigenvalue weighted by Gasteiger charge is 2.34. The Hall–Kier alpha value is -1.16. The lowest BCUT2D eigenvalue weighted by atomic mass is 9.85. The Morgan fingerprint density at radius 2 is 2.03 bits per heavy atom. The molecule has 0 spiro atoms. The number of nitrogens with zero attached hydrogens (tertiary/aromatic N) is 2. The predicted molar refractivity (Wildman–Crippen MR) is 113 cm³/mol. The fourth-order valence-electron chi connectivity index (χ4n) is 3.98. The monoisotopic (exact) mass is 461 g/mol. The number of thiophene rings is 1. The molecular weight excluding hydrogens is 434 g/mol. The summed E-state index contributed by atoms with van der Waals surface area (Å²) >= 11 is 6.94. The maximum Gasteiger partial charge on any atom is 0.252 e. The molecule has 1 aromatic heterocycles. The summed E-state index contributed by atoms with van der Waals surface area (Å²) in [5.41, 5.74) is 0. The number of carbonyl (C=O) groups excluding carboxylic acids is 2. The molecule has 2 saturated heterocycles. The Bertz CT molecular complexity index is 834. The number of rotatable bonds is 8. The number of sulfonamides is 1. The average Bonchev–Trinajstić information content (AvgIpc) is 3.33. The third-order valence-corrected chi connectivity index (χ3v) is 9.43. The van der Waals surface area contributed by atoms with Crippen molar-refractivity contribution in [2.24, 2.45) is 11.8 Å².